The lowest BCUT2D eigenvalue weighted by Crippen LogP contribution is -2.28. The maximum atomic E-state index is 13.4. The van der Waals surface area contributed by atoms with Crippen LogP contribution in [-0.4, -0.2) is 37.1 Å². The van der Waals surface area contributed by atoms with Crippen molar-refractivity contribution in [1.29, 1.82) is 0 Å². The number of nitrogens with zero attached hydrogens (tertiary/aromatic N) is 5. The quantitative estimate of drug-likeness (QED) is 0.318. The minimum absolute atomic E-state index is 0.0891. The Bertz CT molecular complexity index is 1310. The van der Waals surface area contributed by atoms with Crippen LogP contribution in [0.5, 0.6) is 0 Å². The molecular formula is C27H27N5O2S. The molecule has 8 heteroatoms. The Labute approximate surface area is 208 Å². The van der Waals surface area contributed by atoms with Crippen LogP contribution < -0.4 is 0 Å². The van der Waals surface area contributed by atoms with Crippen LogP contribution in [-0.2, 0) is 17.8 Å². The normalized spacial score (nSPS) is 15.4. The van der Waals surface area contributed by atoms with E-state index in [-0.39, 0.29) is 17.7 Å². The first-order valence-electron chi connectivity index (χ1n) is 11.7. The molecule has 2 aromatic carbocycles. The molecule has 2 aromatic heterocycles. The zero-order valence-corrected chi connectivity index (χ0v) is 20.6. The maximum absolute atomic E-state index is 13.4. The van der Waals surface area contributed by atoms with Gasteiger partial charge in [-0.2, -0.15) is 5.10 Å². The summed E-state index contributed by atoms with van der Waals surface area (Å²) in [5.41, 5.74) is 4.27. The van der Waals surface area contributed by atoms with Crippen LogP contribution >= 0.6 is 11.8 Å². The van der Waals surface area contributed by atoms with Crippen molar-refractivity contribution in [3.05, 3.63) is 101 Å². The van der Waals surface area contributed by atoms with Gasteiger partial charge in [-0.05, 0) is 37.1 Å². The van der Waals surface area contributed by atoms with Gasteiger partial charge in [-0.3, -0.25) is 4.79 Å². The molecule has 1 atom stereocenters. The zero-order valence-electron chi connectivity index (χ0n) is 19.8. The van der Waals surface area contributed by atoms with E-state index in [1.165, 1.54) is 22.9 Å². The molecule has 35 heavy (non-hydrogen) atoms. The third kappa shape index (κ3) is 5.07. The van der Waals surface area contributed by atoms with E-state index in [4.69, 9.17) is 9.52 Å². The molecule has 0 spiro atoms. The molecule has 0 unspecified atom stereocenters. The van der Waals surface area contributed by atoms with E-state index in [1.807, 2.05) is 42.5 Å². The molecule has 4 aromatic rings. The van der Waals surface area contributed by atoms with Crippen LogP contribution in [0.25, 0.3) is 0 Å². The Morgan fingerprint density at radius 2 is 1.86 bits per heavy atom. The fraction of sp³-hybridized carbons (Fsp3) is 0.259. The number of aromatic nitrogens is 3. The van der Waals surface area contributed by atoms with E-state index in [0.717, 1.165) is 34.6 Å². The Balaban J connectivity index is 1.32. The highest BCUT2D eigenvalue weighted by molar-refractivity contribution is 7.99. The summed E-state index contributed by atoms with van der Waals surface area (Å²) in [6, 6.07) is 21.9. The Morgan fingerprint density at radius 1 is 1.06 bits per heavy atom. The fourth-order valence-corrected chi connectivity index (χ4v) is 5.08. The molecule has 1 aliphatic rings. The van der Waals surface area contributed by atoms with Gasteiger partial charge in [0.25, 0.3) is 5.91 Å². The number of carbonyl (C=O) groups excluding carboxylic acids is 1. The number of hydrazone groups is 1. The zero-order chi connectivity index (χ0) is 24.2. The lowest BCUT2D eigenvalue weighted by atomic mass is 10.0. The van der Waals surface area contributed by atoms with Crippen molar-refractivity contribution in [2.45, 2.75) is 44.4 Å². The lowest BCUT2D eigenvalue weighted by molar-refractivity contribution is -0.130. The van der Waals surface area contributed by atoms with E-state index < -0.39 is 0 Å². The summed E-state index contributed by atoms with van der Waals surface area (Å²) in [6.07, 6.45) is 2.95. The van der Waals surface area contributed by atoms with E-state index in [0.29, 0.717) is 12.8 Å². The molecule has 0 bridgehead atoms. The number of amides is 1. The predicted octanol–water partition coefficient (Wildman–Crippen LogP) is 5.26. The summed E-state index contributed by atoms with van der Waals surface area (Å²) in [5, 5.41) is 15.8. The topological polar surface area (TPSA) is 76.5 Å². The van der Waals surface area contributed by atoms with Gasteiger partial charge in [0, 0.05) is 19.4 Å². The molecule has 7 nitrogen and oxygen atoms in total. The number of carbonyl (C=O) groups is 1. The summed E-state index contributed by atoms with van der Waals surface area (Å²) >= 11 is 1.39. The second-order valence-corrected chi connectivity index (χ2v) is 9.42. The molecule has 1 aliphatic heterocycles. The molecule has 0 radical (unpaired) electrons. The second-order valence-electron chi connectivity index (χ2n) is 8.48. The van der Waals surface area contributed by atoms with Crippen molar-refractivity contribution in [2.75, 3.05) is 5.75 Å². The summed E-state index contributed by atoms with van der Waals surface area (Å²) in [5.74, 6) is 1.75. The van der Waals surface area contributed by atoms with Gasteiger partial charge >= 0.3 is 0 Å². The summed E-state index contributed by atoms with van der Waals surface area (Å²) in [7, 11) is 0. The van der Waals surface area contributed by atoms with Crippen LogP contribution in [0.15, 0.2) is 87.7 Å². The van der Waals surface area contributed by atoms with Crippen molar-refractivity contribution in [3.63, 3.8) is 0 Å². The van der Waals surface area contributed by atoms with Gasteiger partial charge in [-0.1, -0.05) is 71.9 Å². The molecule has 3 heterocycles. The van der Waals surface area contributed by atoms with Gasteiger partial charge in [-0.15, -0.1) is 10.2 Å². The molecule has 0 N–H and O–H groups in total. The van der Waals surface area contributed by atoms with Crippen LogP contribution in [0.1, 0.15) is 47.7 Å². The van der Waals surface area contributed by atoms with Gasteiger partial charge in [0.05, 0.1) is 17.7 Å². The average Bonchev–Trinajstić information content (AvgIpc) is 3.63. The monoisotopic (exact) mass is 485 g/mol. The third-order valence-electron chi connectivity index (χ3n) is 6.06. The van der Waals surface area contributed by atoms with Crippen molar-refractivity contribution in [1.82, 2.24) is 19.8 Å². The van der Waals surface area contributed by atoms with Gasteiger partial charge in [0.2, 0.25) is 0 Å². The highest BCUT2D eigenvalue weighted by Crippen LogP contribution is 2.34. The summed E-state index contributed by atoms with van der Waals surface area (Å²) in [6.45, 7) is 4.86. The fourth-order valence-electron chi connectivity index (χ4n) is 4.21. The Kier molecular flexibility index (Phi) is 6.81. The summed E-state index contributed by atoms with van der Waals surface area (Å²) in [4.78, 5) is 13.4. The lowest BCUT2D eigenvalue weighted by Gasteiger charge is -2.19. The van der Waals surface area contributed by atoms with E-state index in [1.54, 1.807) is 11.3 Å². The maximum Gasteiger partial charge on any atom is 0.253 e. The first-order valence-corrected chi connectivity index (χ1v) is 12.7. The standard InChI is InChI=1S/C27H27N5O2S/c1-3-31-25(16-20-8-5-4-6-9-20)28-29-27(31)35-18-26(33)32-23(24-10-7-15-34-24)17-22(30-32)21-13-11-19(2)12-14-21/h4-15,23H,3,16-18H2,1-2H3/t23-/m1/s1. The number of rotatable bonds is 8. The van der Waals surface area contributed by atoms with Crippen LogP contribution in [0.3, 0.4) is 0 Å². The highest BCUT2D eigenvalue weighted by atomic mass is 32.2. The van der Waals surface area contributed by atoms with Gasteiger partial charge < -0.3 is 8.98 Å². The molecular weight excluding hydrogens is 458 g/mol. The minimum atomic E-state index is -0.257. The number of aryl methyl sites for hydroxylation is 1. The van der Waals surface area contributed by atoms with E-state index >= 15 is 0 Å². The van der Waals surface area contributed by atoms with Gasteiger partial charge in [0.1, 0.15) is 17.6 Å². The van der Waals surface area contributed by atoms with Crippen molar-refractivity contribution in [3.8, 4) is 0 Å². The molecule has 5 rings (SSSR count). The van der Waals surface area contributed by atoms with Crippen LogP contribution in [0.4, 0.5) is 0 Å². The SMILES string of the molecule is CCn1c(Cc2ccccc2)nnc1SCC(=O)N1N=C(c2ccc(C)cc2)C[C@@H]1c1ccco1. The molecule has 178 valence electrons. The number of furan rings is 1. The molecule has 0 saturated heterocycles. The highest BCUT2D eigenvalue weighted by Gasteiger charge is 2.35. The largest absolute Gasteiger partial charge is 0.467 e. The summed E-state index contributed by atoms with van der Waals surface area (Å²) < 4.78 is 7.73. The second kappa shape index (κ2) is 10.3. The van der Waals surface area contributed by atoms with Crippen LogP contribution in [0, 0.1) is 6.92 Å². The molecule has 0 aliphatic carbocycles. The third-order valence-corrected chi connectivity index (χ3v) is 7.01. The predicted molar refractivity (Wildman–Crippen MR) is 136 cm³/mol. The van der Waals surface area contributed by atoms with E-state index in [9.17, 15) is 4.79 Å². The molecule has 0 saturated carbocycles. The average molecular weight is 486 g/mol. The number of benzene rings is 2. The van der Waals surface area contributed by atoms with Gasteiger partial charge in [0.15, 0.2) is 5.16 Å². The smallest absolute Gasteiger partial charge is 0.253 e. The van der Waals surface area contributed by atoms with Gasteiger partial charge in [-0.25, -0.2) is 5.01 Å². The molecule has 1 amide bonds. The van der Waals surface area contributed by atoms with Crippen molar-refractivity contribution < 1.29 is 9.21 Å². The number of hydrogen-bond donors (Lipinski definition) is 0. The van der Waals surface area contributed by atoms with Crippen molar-refractivity contribution in [2.24, 2.45) is 5.10 Å². The van der Waals surface area contributed by atoms with Crippen molar-refractivity contribution >= 4 is 23.4 Å². The first-order chi connectivity index (χ1) is 17.1. The van der Waals surface area contributed by atoms with E-state index in [2.05, 4.69) is 52.9 Å². The van der Waals surface area contributed by atoms with Crippen LogP contribution in [0.2, 0.25) is 0 Å². The Morgan fingerprint density at radius 3 is 2.57 bits per heavy atom. The number of thioether (sulfide) groups is 1. The minimum Gasteiger partial charge on any atom is -0.467 e. The first kappa shape index (κ1) is 23.1. The number of hydrogen-bond acceptors (Lipinski definition) is 6. The Hall–Kier alpha value is -3.65. The molecule has 0 fully saturated rings.